The first-order valence-corrected chi connectivity index (χ1v) is 6.51. The van der Waals surface area contributed by atoms with Crippen LogP contribution in [0.4, 0.5) is 0 Å². The van der Waals surface area contributed by atoms with Gasteiger partial charge in [-0.3, -0.25) is 0 Å². The Hall–Kier alpha value is -1.02. The molecule has 0 amide bonds. The number of para-hydroxylation sites is 1. The van der Waals surface area contributed by atoms with Crippen molar-refractivity contribution >= 4 is 0 Å². The molecule has 1 saturated carbocycles. The van der Waals surface area contributed by atoms with Crippen molar-refractivity contribution in [2.75, 3.05) is 13.7 Å². The molecule has 0 radical (unpaired) electrons. The predicted molar refractivity (Wildman–Crippen MR) is 71.5 cm³/mol. The van der Waals surface area contributed by atoms with Crippen LogP contribution in [-0.4, -0.2) is 19.7 Å². The lowest BCUT2D eigenvalue weighted by Crippen LogP contribution is -2.34. The van der Waals surface area contributed by atoms with Gasteiger partial charge in [0.25, 0.3) is 0 Å². The number of benzene rings is 1. The molecule has 1 aromatic rings. The van der Waals surface area contributed by atoms with Gasteiger partial charge in [0.2, 0.25) is 0 Å². The summed E-state index contributed by atoms with van der Waals surface area (Å²) >= 11 is 0. The number of hydrogen-bond donors (Lipinski definition) is 1. The highest BCUT2D eigenvalue weighted by Gasteiger charge is 2.41. The fraction of sp³-hybridized carbons (Fsp3) is 0.600. The molecular formula is C15H23NO. The van der Waals surface area contributed by atoms with Gasteiger partial charge in [-0.15, -0.1) is 0 Å². The van der Waals surface area contributed by atoms with Crippen LogP contribution in [0.1, 0.15) is 32.3 Å². The van der Waals surface area contributed by atoms with Crippen LogP contribution in [0.5, 0.6) is 5.75 Å². The molecule has 94 valence electrons. The van der Waals surface area contributed by atoms with E-state index in [2.05, 4.69) is 31.3 Å². The third kappa shape index (κ3) is 3.01. The van der Waals surface area contributed by atoms with Crippen molar-refractivity contribution < 1.29 is 4.74 Å². The standard InChI is InChI=1S/C15H23NO/c1-12(15(2)9-10-15)16-11-8-13-6-4-5-7-14(13)17-3/h4-7,12,16H,8-11H2,1-3H3. The molecule has 0 aliphatic heterocycles. The number of rotatable bonds is 6. The van der Waals surface area contributed by atoms with Gasteiger partial charge in [0, 0.05) is 6.04 Å². The smallest absolute Gasteiger partial charge is 0.122 e. The molecule has 0 bridgehead atoms. The molecule has 2 rings (SSSR count). The molecule has 0 heterocycles. The minimum Gasteiger partial charge on any atom is -0.496 e. The maximum Gasteiger partial charge on any atom is 0.122 e. The highest BCUT2D eigenvalue weighted by atomic mass is 16.5. The zero-order valence-corrected chi connectivity index (χ0v) is 11.1. The van der Waals surface area contributed by atoms with Crippen LogP contribution in [0.25, 0.3) is 0 Å². The van der Waals surface area contributed by atoms with E-state index in [0.717, 1.165) is 18.7 Å². The van der Waals surface area contributed by atoms with E-state index in [4.69, 9.17) is 4.74 Å². The summed E-state index contributed by atoms with van der Waals surface area (Å²) in [5.41, 5.74) is 1.84. The molecule has 1 N–H and O–H groups in total. The van der Waals surface area contributed by atoms with E-state index in [1.165, 1.54) is 18.4 Å². The molecule has 0 spiro atoms. The van der Waals surface area contributed by atoms with Gasteiger partial charge in [-0.2, -0.15) is 0 Å². The molecule has 2 nitrogen and oxygen atoms in total. The SMILES string of the molecule is COc1ccccc1CCNC(C)C1(C)CC1. The zero-order chi connectivity index (χ0) is 12.3. The van der Waals surface area contributed by atoms with E-state index in [9.17, 15) is 0 Å². The van der Waals surface area contributed by atoms with E-state index in [1.807, 2.05) is 12.1 Å². The van der Waals surface area contributed by atoms with E-state index in [1.54, 1.807) is 7.11 Å². The van der Waals surface area contributed by atoms with Crippen LogP contribution in [0.3, 0.4) is 0 Å². The van der Waals surface area contributed by atoms with Crippen molar-refractivity contribution in [3.8, 4) is 5.75 Å². The summed E-state index contributed by atoms with van der Waals surface area (Å²) in [5, 5.41) is 3.63. The summed E-state index contributed by atoms with van der Waals surface area (Å²) in [6, 6.07) is 8.88. The molecule has 1 fully saturated rings. The third-order valence-electron chi connectivity index (χ3n) is 4.12. The van der Waals surface area contributed by atoms with Gasteiger partial charge in [0.05, 0.1) is 7.11 Å². The van der Waals surface area contributed by atoms with E-state index >= 15 is 0 Å². The van der Waals surface area contributed by atoms with Gasteiger partial charge >= 0.3 is 0 Å². The molecule has 1 atom stereocenters. The summed E-state index contributed by atoms with van der Waals surface area (Å²) in [6.07, 6.45) is 3.77. The maximum atomic E-state index is 5.35. The van der Waals surface area contributed by atoms with Crippen molar-refractivity contribution in [3.05, 3.63) is 29.8 Å². The first-order chi connectivity index (χ1) is 8.15. The topological polar surface area (TPSA) is 21.3 Å². The lowest BCUT2D eigenvalue weighted by Gasteiger charge is -2.20. The summed E-state index contributed by atoms with van der Waals surface area (Å²) in [7, 11) is 1.74. The monoisotopic (exact) mass is 233 g/mol. The highest BCUT2D eigenvalue weighted by molar-refractivity contribution is 5.33. The average Bonchev–Trinajstić information content (AvgIpc) is 3.09. The Kier molecular flexibility index (Phi) is 3.72. The lowest BCUT2D eigenvalue weighted by molar-refractivity contribution is 0.380. The second-order valence-electron chi connectivity index (χ2n) is 5.39. The van der Waals surface area contributed by atoms with Crippen LogP contribution in [0, 0.1) is 5.41 Å². The third-order valence-corrected chi connectivity index (χ3v) is 4.12. The molecule has 1 unspecified atom stereocenters. The van der Waals surface area contributed by atoms with Gasteiger partial charge in [-0.1, -0.05) is 25.1 Å². The number of nitrogens with one attached hydrogen (secondary N) is 1. The van der Waals surface area contributed by atoms with Gasteiger partial charge < -0.3 is 10.1 Å². The normalized spacial score (nSPS) is 18.8. The van der Waals surface area contributed by atoms with Crippen LogP contribution in [0.15, 0.2) is 24.3 Å². The fourth-order valence-corrected chi connectivity index (χ4v) is 2.21. The lowest BCUT2D eigenvalue weighted by atomic mass is 10.0. The molecule has 2 heteroatoms. The Labute approximate surface area is 104 Å². The van der Waals surface area contributed by atoms with Crippen molar-refractivity contribution in [1.29, 1.82) is 0 Å². The van der Waals surface area contributed by atoms with Crippen LogP contribution in [-0.2, 0) is 6.42 Å². The van der Waals surface area contributed by atoms with Crippen molar-refractivity contribution in [1.82, 2.24) is 5.32 Å². The first kappa shape index (κ1) is 12.4. The number of ether oxygens (including phenoxy) is 1. The minimum atomic E-state index is 0.556. The average molecular weight is 233 g/mol. The highest BCUT2D eigenvalue weighted by Crippen LogP contribution is 2.47. The van der Waals surface area contributed by atoms with E-state index < -0.39 is 0 Å². The second-order valence-corrected chi connectivity index (χ2v) is 5.39. The fourth-order valence-electron chi connectivity index (χ4n) is 2.21. The van der Waals surface area contributed by atoms with E-state index in [-0.39, 0.29) is 0 Å². The Morgan fingerprint density at radius 3 is 2.71 bits per heavy atom. The molecule has 17 heavy (non-hydrogen) atoms. The molecule has 0 saturated heterocycles. The van der Waals surface area contributed by atoms with Crippen molar-refractivity contribution in [3.63, 3.8) is 0 Å². The number of hydrogen-bond acceptors (Lipinski definition) is 2. The minimum absolute atomic E-state index is 0.556. The van der Waals surface area contributed by atoms with Gasteiger partial charge in [0.1, 0.15) is 5.75 Å². The predicted octanol–water partition coefficient (Wildman–Crippen LogP) is 3.02. The Balaban J connectivity index is 1.81. The molecule has 0 aromatic heterocycles. The zero-order valence-electron chi connectivity index (χ0n) is 11.1. The van der Waals surface area contributed by atoms with Crippen LogP contribution in [0.2, 0.25) is 0 Å². The summed E-state index contributed by atoms with van der Waals surface area (Å²) in [5.74, 6) is 1.000. The van der Waals surface area contributed by atoms with Crippen LogP contribution < -0.4 is 10.1 Å². The van der Waals surface area contributed by atoms with Gasteiger partial charge in [-0.05, 0) is 49.8 Å². The maximum absolute atomic E-state index is 5.35. The van der Waals surface area contributed by atoms with Crippen LogP contribution >= 0.6 is 0 Å². The summed E-state index contributed by atoms with van der Waals surface area (Å²) < 4.78 is 5.35. The Morgan fingerprint density at radius 1 is 1.35 bits per heavy atom. The van der Waals surface area contributed by atoms with Gasteiger partial charge in [-0.25, -0.2) is 0 Å². The van der Waals surface area contributed by atoms with Crippen molar-refractivity contribution in [2.24, 2.45) is 5.41 Å². The first-order valence-electron chi connectivity index (χ1n) is 6.51. The largest absolute Gasteiger partial charge is 0.496 e. The van der Waals surface area contributed by atoms with Crippen molar-refractivity contribution in [2.45, 2.75) is 39.2 Å². The second kappa shape index (κ2) is 5.09. The molecule has 1 aliphatic carbocycles. The summed E-state index contributed by atoms with van der Waals surface area (Å²) in [4.78, 5) is 0. The Morgan fingerprint density at radius 2 is 2.06 bits per heavy atom. The van der Waals surface area contributed by atoms with E-state index in [0.29, 0.717) is 11.5 Å². The molecule has 1 aromatic carbocycles. The molecular weight excluding hydrogens is 210 g/mol. The summed E-state index contributed by atoms with van der Waals surface area (Å²) in [6.45, 7) is 5.69. The quantitative estimate of drug-likeness (QED) is 0.815. The molecule has 1 aliphatic rings. The van der Waals surface area contributed by atoms with Gasteiger partial charge in [0.15, 0.2) is 0 Å². The number of methoxy groups -OCH3 is 1. The Bertz CT molecular complexity index is 371.